The van der Waals surface area contributed by atoms with Crippen LogP contribution in [0.15, 0.2) is 200 Å². The van der Waals surface area contributed by atoms with Crippen LogP contribution >= 0.6 is 0 Å². The third-order valence-electron chi connectivity index (χ3n) is 16.9. The molecule has 0 radical (unpaired) electrons. The highest BCUT2D eigenvalue weighted by atomic mass is 15.2. The van der Waals surface area contributed by atoms with Gasteiger partial charge in [0.2, 0.25) is 0 Å². The zero-order valence-corrected chi connectivity index (χ0v) is 47.0. The first-order valence-electron chi connectivity index (χ1n) is 27.8. The standard InChI is InChI=1S/C74H69BN2/c1-71(2,3)56-40-57(72(4,5)6)43-60(42-56)76-66-38-55(50-28-20-27-47(33-50)46-21-14-13-15-22-46)39-67-68(66)75(64-31-29-53-34-48-23-16-18-25-51(48)36-62(53)69(64)76)65-32-30-54-35-49-24-17-19-26-52(49)37-63(54)70(65)77(67)61-44-58(73(7,8)9)41-59(45-61)74(10,11)12/h13-45H,1-12H3. The van der Waals surface area contributed by atoms with Gasteiger partial charge < -0.3 is 9.80 Å². The summed E-state index contributed by atoms with van der Waals surface area (Å²) in [5.41, 5.74) is 20.9. The van der Waals surface area contributed by atoms with E-state index < -0.39 is 0 Å². The fourth-order valence-corrected chi connectivity index (χ4v) is 12.4. The lowest BCUT2D eigenvalue weighted by atomic mass is 9.33. The van der Waals surface area contributed by atoms with Gasteiger partial charge in [0.15, 0.2) is 0 Å². The fraction of sp³-hybridized carbons (Fsp3) is 0.216. The number of anilines is 6. The van der Waals surface area contributed by atoms with Crippen molar-refractivity contribution in [3.05, 3.63) is 222 Å². The van der Waals surface area contributed by atoms with E-state index in [-0.39, 0.29) is 28.4 Å². The van der Waals surface area contributed by atoms with E-state index in [2.05, 4.69) is 293 Å². The average Bonchev–Trinajstić information content (AvgIpc) is 3.49. The molecule has 0 aliphatic carbocycles. The van der Waals surface area contributed by atoms with Crippen LogP contribution < -0.4 is 26.2 Å². The van der Waals surface area contributed by atoms with E-state index in [1.165, 1.54) is 138 Å². The molecule has 0 bridgehead atoms. The fourth-order valence-electron chi connectivity index (χ4n) is 12.4. The Morgan fingerprint density at radius 3 is 1.05 bits per heavy atom. The van der Waals surface area contributed by atoms with E-state index in [0.29, 0.717) is 0 Å². The van der Waals surface area contributed by atoms with Crippen molar-refractivity contribution < 1.29 is 0 Å². The van der Waals surface area contributed by atoms with Gasteiger partial charge in [-0.15, -0.1) is 0 Å². The first kappa shape index (κ1) is 48.7. The minimum Gasteiger partial charge on any atom is -0.311 e. The van der Waals surface area contributed by atoms with E-state index in [4.69, 9.17) is 0 Å². The summed E-state index contributed by atoms with van der Waals surface area (Å²) in [5.74, 6) is 0. The lowest BCUT2D eigenvalue weighted by Gasteiger charge is -2.46. The van der Waals surface area contributed by atoms with Gasteiger partial charge in [-0.05, 0) is 182 Å². The Hall–Kier alpha value is -7.88. The highest BCUT2D eigenvalue weighted by Crippen LogP contribution is 2.51. The van der Waals surface area contributed by atoms with Crippen molar-refractivity contribution in [2.45, 2.75) is 105 Å². The Kier molecular flexibility index (Phi) is 11.0. The van der Waals surface area contributed by atoms with Gasteiger partial charge in [0.1, 0.15) is 0 Å². The van der Waals surface area contributed by atoms with Gasteiger partial charge >= 0.3 is 0 Å². The third kappa shape index (κ3) is 8.24. The molecule has 0 spiro atoms. The number of hydrogen-bond donors (Lipinski definition) is 0. The van der Waals surface area contributed by atoms with Crippen molar-refractivity contribution in [1.29, 1.82) is 0 Å². The number of fused-ring (bicyclic) bond motifs is 10. The van der Waals surface area contributed by atoms with Gasteiger partial charge in [0.05, 0.1) is 0 Å². The van der Waals surface area contributed by atoms with Crippen molar-refractivity contribution in [3.8, 4) is 22.3 Å². The van der Waals surface area contributed by atoms with Gasteiger partial charge in [-0.2, -0.15) is 0 Å². The second kappa shape index (κ2) is 17.3. The summed E-state index contributed by atoms with van der Waals surface area (Å²) < 4.78 is 0. The van der Waals surface area contributed by atoms with Crippen LogP contribution in [0.1, 0.15) is 105 Å². The van der Waals surface area contributed by atoms with Crippen molar-refractivity contribution in [1.82, 2.24) is 0 Å². The molecule has 0 amide bonds. The highest BCUT2D eigenvalue weighted by Gasteiger charge is 2.45. The molecule has 2 heterocycles. The molecule has 11 aromatic rings. The van der Waals surface area contributed by atoms with Gasteiger partial charge in [-0.3, -0.25) is 0 Å². The molecule has 0 saturated heterocycles. The summed E-state index contributed by atoms with van der Waals surface area (Å²) in [5, 5.41) is 9.97. The Morgan fingerprint density at radius 2 is 0.649 bits per heavy atom. The normalized spacial score (nSPS) is 13.6. The summed E-state index contributed by atoms with van der Waals surface area (Å²) in [6.45, 7) is 28.3. The molecule has 0 N–H and O–H groups in total. The van der Waals surface area contributed by atoms with E-state index in [0.717, 1.165) is 0 Å². The highest BCUT2D eigenvalue weighted by molar-refractivity contribution is 7.00. The molecule has 77 heavy (non-hydrogen) atoms. The molecule has 13 rings (SSSR count). The van der Waals surface area contributed by atoms with Crippen molar-refractivity contribution >= 4 is 100 Å². The molecule has 3 heteroatoms. The molecular weight excluding hydrogens is 928 g/mol. The number of hydrogen-bond acceptors (Lipinski definition) is 2. The minimum atomic E-state index is -0.102. The number of nitrogens with zero attached hydrogens (tertiary/aromatic N) is 2. The summed E-state index contributed by atoms with van der Waals surface area (Å²) >= 11 is 0. The molecule has 2 aliphatic rings. The van der Waals surface area contributed by atoms with Gasteiger partial charge in [-0.25, -0.2) is 0 Å². The summed E-state index contributed by atoms with van der Waals surface area (Å²) in [7, 11) is 0. The van der Waals surface area contributed by atoms with Crippen LogP contribution in [0.2, 0.25) is 0 Å². The van der Waals surface area contributed by atoms with Crippen LogP contribution in [0.25, 0.3) is 65.3 Å². The van der Waals surface area contributed by atoms with Gasteiger partial charge in [0.25, 0.3) is 6.71 Å². The van der Waals surface area contributed by atoms with Crippen LogP contribution in [0.5, 0.6) is 0 Å². The smallest absolute Gasteiger partial charge is 0.252 e. The van der Waals surface area contributed by atoms with Crippen molar-refractivity contribution in [2.24, 2.45) is 0 Å². The molecule has 2 aliphatic heterocycles. The van der Waals surface area contributed by atoms with E-state index in [9.17, 15) is 0 Å². The predicted octanol–water partition coefficient (Wildman–Crippen LogP) is 18.9. The minimum absolute atomic E-state index is 0.0882. The Bertz CT molecular complexity index is 3920. The van der Waals surface area contributed by atoms with E-state index >= 15 is 0 Å². The first-order valence-corrected chi connectivity index (χ1v) is 27.8. The molecule has 378 valence electrons. The largest absolute Gasteiger partial charge is 0.311 e. The van der Waals surface area contributed by atoms with Crippen LogP contribution in [0.4, 0.5) is 34.1 Å². The SMILES string of the molecule is CC(C)(C)c1cc(N2c3cc(-c4cccc(-c5ccccc5)c4)cc4c3B(c3ccc5cc6ccccc6cc5c32)c2ccc3cc5ccccc5cc3c2N4c2cc(C(C)(C)C)cc(C(C)(C)C)c2)cc(C(C)(C)C)c1. The molecule has 0 fully saturated rings. The Balaban J connectivity index is 1.24. The third-order valence-corrected chi connectivity index (χ3v) is 16.9. The monoisotopic (exact) mass is 997 g/mol. The second-order valence-electron chi connectivity index (χ2n) is 26.4. The maximum absolute atomic E-state index is 2.70. The van der Waals surface area contributed by atoms with Crippen LogP contribution in [-0.4, -0.2) is 6.71 Å². The molecule has 0 atom stereocenters. The van der Waals surface area contributed by atoms with Crippen LogP contribution in [0, 0.1) is 0 Å². The maximum atomic E-state index is 2.70. The average molecular weight is 997 g/mol. The van der Waals surface area contributed by atoms with Crippen LogP contribution in [-0.2, 0) is 21.7 Å². The predicted molar refractivity (Wildman–Crippen MR) is 336 cm³/mol. The van der Waals surface area contributed by atoms with Crippen molar-refractivity contribution in [3.63, 3.8) is 0 Å². The summed E-state index contributed by atoms with van der Waals surface area (Å²) in [6.07, 6.45) is 0. The summed E-state index contributed by atoms with van der Waals surface area (Å²) in [4.78, 5) is 5.39. The topological polar surface area (TPSA) is 6.48 Å². The molecular formula is C74H69BN2. The zero-order chi connectivity index (χ0) is 53.5. The number of rotatable bonds is 4. The van der Waals surface area contributed by atoms with E-state index in [1.807, 2.05) is 0 Å². The second-order valence-corrected chi connectivity index (χ2v) is 26.4. The van der Waals surface area contributed by atoms with E-state index in [1.54, 1.807) is 0 Å². The number of benzene rings is 11. The maximum Gasteiger partial charge on any atom is 0.252 e. The first-order chi connectivity index (χ1) is 36.7. The molecule has 0 saturated carbocycles. The zero-order valence-electron chi connectivity index (χ0n) is 47.0. The molecule has 2 nitrogen and oxygen atoms in total. The van der Waals surface area contributed by atoms with Gasteiger partial charge in [0, 0.05) is 44.9 Å². The van der Waals surface area contributed by atoms with Gasteiger partial charge in [-0.1, -0.05) is 217 Å². The quantitative estimate of drug-likeness (QED) is 0.128. The summed E-state index contributed by atoms with van der Waals surface area (Å²) in [6, 6.07) is 77.4. The Labute approximate surface area is 457 Å². The molecule has 0 unspecified atom stereocenters. The molecule has 0 aromatic heterocycles. The molecule has 11 aromatic carbocycles. The lowest BCUT2D eigenvalue weighted by molar-refractivity contribution is 0.568. The van der Waals surface area contributed by atoms with Crippen LogP contribution in [0.3, 0.4) is 0 Å². The Morgan fingerprint density at radius 1 is 0.286 bits per heavy atom. The lowest BCUT2D eigenvalue weighted by Crippen LogP contribution is -2.61. The van der Waals surface area contributed by atoms with Crippen molar-refractivity contribution in [2.75, 3.05) is 9.80 Å².